The molecule has 25 heavy (non-hydrogen) atoms. The van der Waals surface area contributed by atoms with Gasteiger partial charge in [-0.25, -0.2) is 5.10 Å². The zero-order valence-corrected chi connectivity index (χ0v) is 15.6. The highest BCUT2D eigenvalue weighted by Crippen LogP contribution is 2.06. The van der Waals surface area contributed by atoms with Gasteiger partial charge in [0.25, 0.3) is 0 Å². The van der Waals surface area contributed by atoms with Crippen molar-refractivity contribution >= 4 is 0 Å². The number of allylic oxidation sites excluding steroid dienone is 4. The molecule has 1 rings (SSSR count). The SMILES string of the molecule is CCCCC/C=C\C[C@H](O)/C=C/C=C\CCCCCCc1nnn[nH]1. The van der Waals surface area contributed by atoms with Crippen molar-refractivity contribution in [2.75, 3.05) is 0 Å². The van der Waals surface area contributed by atoms with Crippen LogP contribution in [-0.4, -0.2) is 31.8 Å². The van der Waals surface area contributed by atoms with E-state index < -0.39 is 0 Å². The molecule has 0 aromatic carbocycles. The van der Waals surface area contributed by atoms with E-state index in [0.717, 1.165) is 31.5 Å². The number of aromatic nitrogens is 4. The van der Waals surface area contributed by atoms with Crippen LogP contribution in [0.15, 0.2) is 36.5 Å². The Morgan fingerprint density at radius 2 is 1.76 bits per heavy atom. The molecule has 140 valence electrons. The second kappa shape index (κ2) is 15.8. The van der Waals surface area contributed by atoms with Gasteiger partial charge in [-0.2, -0.15) is 0 Å². The van der Waals surface area contributed by atoms with Crippen molar-refractivity contribution in [2.24, 2.45) is 0 Å². The number of aryl methyl sites for hydroxylation is 1. The minimum Gasteiger partial charge on any atom is -0.389 e. The van der Waals surface area contributed by atoms with Crippen molar-refractivity contribution < 1.29 is 5.11 Å². The van der Waals surface area contributed by atoms with Gasteiger partial charge in [-0.05, 0) is 49.0 Å². The molecule has 0 amide bonds. The molecule has 0 saturated carbocycles. The fourth-order valence-corrected chi connectivity index (χ4v) is 2.50. The van der Waals surface area contributed by atoms with Crippen LogP contribution in [0.25, 0.3) is 0 Å². The molecule has 1 atom stereocenters. The first kappa shape index (κ1) is 21.3. The molecular formula is C20H34N4O. The van der Waals surface area contributed by atoms with Crippen LogP contribution in [0.4, 0.5) is 0 Å². The first-order valence-corrected chi connectivity index (χ1v) is 9.72. The van der Waals surface area contributed by atoms with E-state index in [-0.39, 0.29) is 6.10 Å². The summed E-state index contributed by atoms with van der Waals surface area (Å²) >= 11 is 0. The average molecular weight is 347 g/mol. The molecule has 1 aromatic rings. The smallest absolute Gasteiger partial charge is 0.148 e. The molecule has 0 unspecified atom stereocenters. The summed E-state index contributed by atoms with van der Waals surface area (Å²) in [6.45, 7) is 2.21. The lowest BCUT2D eigenvalue weighted by molar-refractivity contribution is 0.227. The van der Waals surface area contributed by atoms with Gasteiger partial charge in [0.05, 0.1) is 6.10 Å². The molecule has 0 saturated heterocycles. The molecule has 0 radical (unpaired) electrons. The predicted molar refractivity (Wildman–Crippen MR) is 103 cm³/mol. The normalized spacial score (nSPS) is 13.5. The van der Waals surface area contributed by atoms with Gasteiger partial charge in [-0.3, -0.25) is 0 Å². The lowest BCUT2D eigenvalue weighted by Gasteiger charge is -1.99. The quantitative estimate of drug-likeness (QED) is 0.274. The number of H-pyrrole nitrogens is 1. The summed E-state index contributed by atoms with van der Waals surface area (Å²) in [4.78, 5) is 0. The minimum absolute atomic E-state index is 0.377. The maximum atomic E-state index is 9.84. The van der Waals surface area contributed by atoms with Crippen molar-refractivity contribution in [3.05, 3.63) is 42.3 Å². The van der Waals surface area contributed by atoms with Gasteiger partial charge < -0.3 is 5.11 Å². The summed E-state index contributed by atoms with van der Waals surface area (Å²) < 4.78 is 0. The van der Waals surface area contributed by atoms with E-state index >= 15 is 0 Å². The second-order valence-electron chi connectivity index (χ2n) is 6.38. The van der Waals surface area contributed by atoms with Gasteiger partial charge >= 0.3 is 0 Å². The van der Waals surface area contributed by atoms with Gasteiger partial charge in [0.15, 0.2) is 0 Å². The molecule has 1 heterocycles. The van der Waals surface area contributed by atoms with Crippen LogP contribution in [0.2, 0.25) is 0 Å². The van der Waals surface area contributed by atoms with E-state index in [1.807, 2.05) is 18.2 Å². The molecule has 0 aliphatic carbocycles. The second-order valence-corrected chi connectivity index (χ2v) is 6.38. The number of unbranched alkanes of at least 4 members (excludes halogenated alkanes) is 7. The highest BCUT2D eigenvalue weighted by atomic mass is 16.3. The fraction of sp³-hybridized carbons (Fsp3) is 0.650. The first-order chi connectivity index (χ1) is 12.3. The number of nitrogens with zero attached hydrogens (tertiary/aromatic N) is 3. The van der Waals surface area contributed by atoms with Crippen LogP contribution in [-0.2, 0) is 6.42 Å². The van der Waals surface area contributed by atoms with Crippen molar-refractivity contribution in [1.82, 2.24) is 20.6 Å². The molecular weight excluding hydrogens is 312 g/mol. The number of aromatic amines is 1. The first-order valence-electron chi connectivity index (χ1n) is 9.72. The maximum absolute atomic E-state index is 9.84. The Morgan fingerprint density at radius 1 is 0.960 bits per heavy atom. The zero-order chi connectivity index (χ0) is 18.0. The van der Waals surface area contributed by atoms with Gasteiger partial charge in [0.1, 0.15) is 5.82 Å². The van der Waals surface area contributed by atoms with E-state index in [0.29, 0.717) is 6.42 Å². The third kappa shape index (κ3) is 13.2. The molecule has 0 aliphatic rings. The summed E-state index contributed by atoms with van der Waals surface area (Å²) in [5.41, 5.74) is 0. The number of aliphatic hydroxyl groups excluding tert-OH is 1. The van der Waals surface area contributed by atoms with Crippen LogP contribution in [0.5, 0.6) is 0 Å². The average Bonchev–Trinajstić information content (AvgIpc) is 3.13. The van der Waals surface area contributed by atoms with Crippen LogP contribution in [0.3, 0.4) is 0 Å². The number of tetrazole rings is 1. The Balaban J connectivity index is 1.92. The number of rotatable bonds is 15. The molecule has 0 spiro atoms. The predicted octanol–water partition coefficient (Wildman–Crippen LogP) is 4.69. The molecule has 0 fully saturated rings. The molecule has 5 nitrogen and oxygen atoms in total. The lowest BCUT2D eigenvalue weighted by atomic mass is 10.1. The summed E-state index contributed by atoms with van der Waals surface area (Å²) in [7, 11) is 0. The Bertz CT molecular complexity index is 480. The van der Waals surface area contributed by atoms with E-state index in [1.165, 1.54) is 38.5 Å². The molecule has 1 aromatic heterocycles. The molecule has 0 bridgehead atoms. The Kier molecular flexibility index (Phi) is 13.4. The molecule has 0 aliphatic heterocycles. The highest BCUT2D eigenvalue weighted by Gasteiger charge is 1.96. The molecule has 2 N–H and O–H groups in total. The van der Waals surface area contributed by atoms with E-state index in [1.54, 1.807) is 0 Å². The third-order valence-electron chi connectivity index (χ3n) is 4.02. The number of nitrogens with one attached hydrogen (secondary N) is 1. The van der Waals surface area contributed by atoms with Gasteiger partial charge in [-0.15, -0.1) is 5.10 Å². The number of aliphatic hydroxyl groups is 1. The number of hydrogen-bond donors (Lipinski definition) is 2. The lowest BCUT2D eigenvalue weighted by Crippen LogP contribution is -1.98. The topological polar surface area (TPSA) is 74.7 Å². The summed E-state index contributed by atoms with van der Waals surface area (Å²) in [6, 6.07) is 0. The monoisotopic (exact) mass is 346 g/mol. The largest absolute Gasteiger partial charge is 0.389 e. The Hall–Kier alpha value is -1.75. The van der Waals surface area contributed by atoms with Crippen molar-refractivity contribution in [2.45, 2.75) is 83.7 Å². The Labute approximate surface area is 152 Å². The van der Waals surface area contributed by atoms with Crippen LogP contribution in [0.1, 0.15) is 77.0 Å². The summed E-state index contributed by atoms with van der Waals surface area (Å²) in [5, 5.41) is 23.6. The zero-order valence-electron chi connectivity index (χ0n) is 15.6. The van der Waals surface area contributed by atoms with Gasteiger partial charge in [0.2, 0.25) is 0 Å². The van der Waals surface area contributed by atoms with E-state index in [2.05, 4.69) is 45.8 Å². The molecule has 5 heteroatoms. The van der Waals surface area contributed by atoms with Crippen molar-refractivity contribution in [3.63, 3.8) is 0 Å². The van der Waals surface area contributed by atoms with Crippen molar-refractivity contribution in [1.29, 1.82) is 0 Å². The standard InChI is InChI=1S/C20H34N4O/c1-2-3-4-5-10-13-16-19(25)17-14-11-8-6-7-9-12-15-18-20-21-23-24-22-20/h8,10-11,13-14,17,19,25H,2-7,9,12,15-16,18H2,1H3,(H,21,22,23,24)/b11-8-,13-10-,17-14+/t19-/m0/s1. The maximum Gasteiger partial charge on any atom is 0.148 e. The van der Waals surface area contributed by atoms with Gasteiger partial charge in [-0.1, -0.05) is 69.1 Å². The van der Waals surface area contributed by atoms with Gasteiger partial charge in [0, 0.05) is 6.42 Å². The van der Waals surface area contributed by atoms with E-state index in [4.69, 9.17) is 0 Å². The van der Waals surface area contributed by atoms with Crippen LogP contribution in [0, 0.1) is 0 Å². The van der Waals surface area contributed by atoms with Crippen LogP contribution >= 0.6 is 0 Å². The fourth-order valence-electron chi connectivity index (χ4n) is 2.50. The van der Waals surface area contributed by atoms with E-state index in [9.17, 15) is 5.11 Å². The summed E-state index contributed by atoms with van der Waals surface area (Å²) in [5.74, 6) is 0.874. The summed E-state index contributed by atoms with van der Waals surface area (Å²) in [6.07, 6.45) is 24.3. The minimum atomic E-state index is -0.377. The number of hydrogen-bond acceptors (Lipinski definition) is 4. The highest BCUT2D eigenvalue weighted by molar-refractivity contribution is 5.05. The third-order valence-corrected chi connectivity index (χ3v) is 4.02. The van der Waals surface area contributed by atoms with Crippen molar-refractivity contribution in [3.8, 4) is 0 Å². The Morgan fingerprint density at radius 3 is 2.56 bits per heavy atom. The van der Waals surface area contributed by atoms with Crippen LogP contribution < -0.4 is 0 Å².